The first-order valence-electron chi connectivity index (χ1n) is 13.1. The summed E-state index contributed by atoms with van der Waals surface area (Å²) in [6.07, 6.45) is 2.95. The third kappa shape index (κ3) is 9.27. The normalized spacial score (nSPS) is 12.9. The van der Waals surface area contributed by atoms with Crippen LogP contribution >= 0.6 is 0 Å². The minimum atomic E-state index is -0.789. The smallest absolute Gasteiger partial charge is 0.408 e. The van der Waals surface area contributed by atoms with Crippen LogP contribution in [0, 0.1) is 5.92 Å². The van der Waals surface area contributed by atoms with E-state index in [2.05, 4.69) is 15.6 Å². The van der Waals surface area contributed by atoms with Crippen molar-refractivity contribution in [2.45, 2.75) is 64.5 Å². The average molecular weight is 519 g/mol. The Balaban J connectivity index is 1.76. The van der Waals surface area contributed by atoms with Gasteiger partial charge in [-0.25, -0.2) is 4.79 Å². The number of Topliss-reactive ketones (excluding diaryl/α,β-unsaturated/α-hetero) is 1. The lowest BCUT2D eigenvalue weighted by Crippen LogP contribution is -2.44. The van der Waals surface area contributed by atoms with Crippen molar-refractivity contribution in [3.8, 4) is 0 Å². The molecule has 202 valence electrons. The van der Waals surface area contributed by atoms with Crippen molar-refractivity contribution < 1.29 is 19.1 Å². The van der Waals surface area contributed by atoms with Crippen LogP contribution in [0.1, 0.15) is 52.0 Å². The van der Waals surface area contributed by atoms with Crippen LogP contribution in [0.25, 0.3) is 10.9 Å². The van der Waals surface area contributed by atoms with Crippen molar-refractivity contribution in [2.75, 3.05) is 11.9 Å². The number of ether oxygens (including phenoxy) is 1. The number of anilines is 1. The Labute approximate surface area is 224 Å². The molecule has 8 nitrogen and oxygen atoms in total. The summed E-state index contributed by atoms with van der Waals surface area (Å²) in [5.41, 5.74) is 7.45. The molecule has 0 aliphatic heterocycles. The maximum atomic E-state index is 13.4. The number of nitrogens with one attached hydrogen (secondary N) is 2. The number of carbonyl (C=O) groups is 3. The molecule has 0 aliphatic carbocycles. The number of rotatable bonds is 12. The van der Waals surface area contributed by atoms with E-state index in [0.717, 1.165) is 16.5 Å². The Morgan fingerprint density at radius 1 is 1.00 bits per heavy atom. The topological polar surface area (TPSA) is 123 Å². The highest BCUT2D eigenvalue weighted by Gasteiger charge is 2.29. The summed E-state index contributed by atoms with van der Waals surface area (Å²) >= 11 is 0. The van der Waals surface area contributed by atoms with Crippen molar-refractivity contribution in [3.05, 3.63) is 72.4 Å². The van der Waals surface area contributed by atoms with Gasteiger partial charge in [-0.05, 0) is 70.7 Å². The number of hydrogen-bond acceptors (Lipinski definition) is 6. The maximum absolute atomic E-state index is 13.4. The van der Waals surface area contributed by atoms with E-state index in [9.17, 15) is 14.4 Å². The molecular formula is C30H38N4O4. The van der Waals surface area contributed by atoms with E-state index >= 15 is 0 Å². The summed E-state index contributed by atoms with van der Waals surface area (Å²) in [7, 11) is 0. The van der Waals surface area contributed by atoms with E-state index in [1.165, 1.54) is 0 Å². The van der Waals surface area contributed by atoms with Gasteiger partial charge < -0.3 is 21.1 Å². The second-order valence-corrected chi connectivity index (χ2v) is 10.4. The number of amides is 2. The maximum Gasteiger partial charge on any atom is 0.408 e. The second kappa shape index (κ2) is 13.7. The molecule has 3 aromatic rings. The molecule has 0 saturated heterocycles. The fraction of sp³-hybridized carbons (Fsp3) is 0.400. The molecule has 0 fully saturated rings. The van der Waals surface area contributed by atoms with Gasteiger partial charge in [0.05, 0.1) is 23.4 Å². The van der Waals surface area contributed by atoms with Crippen LogP contribution in [0.4, 0.5) is 10.5 Å². The molecule has 0 saturated carbocycles. The number of fused-ring (bicyclic) bond motifs is 1. The number of carbonyl (C=O) groups excluding carboxylic acids is 3. The summed E-state index contributed by atoms with van der Waals surface area (Å²) in [5.74, 6) is -1.09. The molecular weight excluding hydrogens is 480 g/mol. The molecule has 38 heavy (non-hydrogen) atoms. The lowest BCUT2D eigenvalue weighted by atomic mass is 9.90. The van der Waals surface area contributed by atoms with Crippen LogP contribution < -0.4 is 16.4 Å². The van der Waals surface area contributed by atoms with Crippen LogP contribution in [0.5, 0.6) is 0 Å². The summed E-state index contributed by atoms with van der Waals surface area (Å²) in [5, 5.41) is 6.54. The number of hydrogen-bond donors (Lipinski definition) is 3. The number of pyridine rings is 1. The van der Waals surface area contributed by atoms with Gasteiger partial charge in [0.2, 0.25) is 5.91 Å². The molecule has 0 radical (unpaired) electrons. The first-order valence-corrected chi connectivity index (χ1v) is 13.1. The van der Waals surface area contributed by atoms with Crippen LogP contribution in [0.3, 0.4) is 0 Å². The molecule has 3 rings (SSSR count). The number of benzene rings is 2. The molecule has 4 N–H and O–H groups in total. The molecule has 2 amide bonds. The number of ketones is 1. The second-order valence-electron chi connectivity index (χ2n) is 10.4. The fourth-order valence-corrected chi connectivity index (χ4v) is 4.17. The van der Waals surface area contributed by atoms with Crippen molar-refractivity contribution in [2.24, 2.45) is 11.7 Å². The summed E-state index contributed by atoms with van der Waals surface area (Å²) in [6, 6.07) is 18.6. The van der Waals surface area contributed by atoms with E-state index < -0.39 is 23.7 Å². The third-order valence-electron chi connectivity index (χ3n) is 6.08. The van der Waals surface area contributed by atoms with E-state index in [0.29, 0.717) is 37.9 Å². The standard InChI is InChI=1S/C30H38N4O4/c1-30(2,3)38-29(37)34-26(14-9-17-31)27(35)19-23(16-15-21-10-5-4-6-11-21)28(36)33-24-18-22-12-7-8-13-25(22)32-20-24/h4-8,10-13,18,20,23,26H,9,14-17,19,31H2,1-3H3,(H,33,36)(H,34,37)/t23-,26-/m0/s1. The molecule has 2 atom stereocenters. The van der Waals surface area contributed by atoms with Gasteiger partial charge in [-0.15, -0.1) is 0 Å². The SMILES string of the molecule is CC(C)(C)OC(=O)N[C@@H](CCCN)C(=O)C[C@H](CCc1ccccc1)C(=O)Nc1cnc2ccccc2c1. The van der Waals surface area contributed by atoms with Crippen LogP contribution in [0.2, 0.25) is 0 Å². The number of alkyl carbamates (subject to hydrolysis) is 1. The summed E-state index contributed by atoms with van der Waals surface area (Å²) < 4.78 is 5.35. The highest BCUT2D eigenvalue weighted by atomic mass is 16.6. The van der Waals surface area contributed by atoms with E-state index in [4.69, 9.17) is 10.5 Å². The molecule has 0 aliphatic rings. The van der Waals surface area contributed by atoms with E-state index in [1.54, 1.807) is 27.0 Å². The van der Waals surface area contributed by atoms with Gasteiger partial charge in [-0.1, -0.05) is 48.5 Å². The molecule has 0 unspecified atom stereocenters. The van der Waals surface area contributed by atoms with Gasteiger partial charge in [0.25, 0.3) is 0 Å². The van der Waals surface area contributed by atoms with Gasteiger partial charge in [0.15, 0.2) is 5.78 Å². The zero-order valence-corrected chi connectivity index (χ0v) is 22.4. The zero-order chi connectivity index (χ0) is 27.5. The fourth-order valence-electron chi connectivity index (χ4n) is 4.17. The number of nitrogens with zero attached hydrogens (tertiary/aromatic N) is 1. The monoisotopic (exact) mass is 518 g/mol. The largest absolute Gasteiger partial charge is 0.444 e. The predicted octanol–water partition coefficient (Wildman–Crippen LogP) is 5.01. The van der Waals surface area contributed by atoms with Crippen molar-refractivity contribution in [1.29, 1.82) is 0 Å². The first-order chi connectivity index (χ1) is 18.1. The lowest BCUT2D eigenvalue weighted by Gasteiger charge is -2.24. The predicted molar refractivity (Wildman–Crippen MR) is 150 cm³/mol. The number of nitrogens with two attached hydrogens (primary N) is 1. The average Bonchev–Trinajstić information content (AvgIpc) is 2.88. The van der Waals surface area contributed by atoms with Crippen molar-refractivity contribution in [1.82, 2.24) is 10.3 Å². The Morgan fingerprint density at radius 3 is 2.42 bits per heavy atom. The van der Waals surface area contributed by atoms with Crippen molar-refractivity contribution >= 4 is 34.4 Å². The number of para-hydroxylation sites is 1. The summed E-state index contributed by atoms with van der Waals surface area (Å²) in [6.45, 7) is 5.66. The van der Waals surface area contributed by atoms with Gasteiger partial charge in [-0.3, -0.25) is 14.6 Å². The molecule has 0 bridgehead atoms. The Morgan fingerprint density at radius 2 is 1.71 bits per heavy atom. The van der Waals surface area contributed by atoms with Gasteiger partial charge in [0.1, 0.15) is 5.60 Å². The molecule has 2 aromatic carbocycles. The third-order valence-corrected chi connectivity index (χ3v) is 6.08. The highest BCUT2D eigenvalue weighted by molar-refractivity contribution is 5.98. The van der Waals surface area contributed by atoms with Crippen LogP contribution in [-0.4, -0.2) is 41.0 Å². The number of aromatic nitrogens is 1. The minimum absolute atomic E-state index is 0.0231. The molecule has 8 heteroatoms. The highest BCUT2D eigenvalue weighted by Crippen LogP contribution is 2.21. The zero-order valence-electron chi connectivity index (χ0n) is 22.4. The summed E-state index contributed by atoms with van der Waals surface area (Å²) in [4.78, 5) is 43.7. The molecule has 0 spiro atoms. The van der Waals surface area contributed by atoms with Gasteiger partial charge >= 0.3 is 6.09 Å². The Kier molecular flexibility index (Phi) is 10.4. The van der Waals surface area contributed by atoms with Crippen LogP contribution in [0.15, 0.2) is 66.9 Å². The van der Waals surface area contributed by atoms with Gasteiger partial charge in [0, 0.05) is 17.7 Å². The van der Waals surface area contributed by atoms with E-state index in [1.807, 2.05) is 60.7 Å². The molecule has 1 heterocycles. The molecule has 1 aromatic heterocycles. The quantitative estimate of drug-likeness (QED) is 0.310. The Hall–Kier alpha value is -3.78. The van der Waals surface area contributed by atoms with Crippen molar-refractivity contribution in [3.63, 3.8) is 0 Å². The lowest BCUT2D eigenvalue weighted by molar-refractivity contribution is -0.127. The Bertz CT molecular complexity index is 1220. The van der Waals surface area contributed by atoms with E-state index in [-0.39, 0.29) is 18.1 Å². The minimum Gasteiger partial charge on any atom is -0.444 e. The van der Waals surface area contributed by atoms with Crippen LogP contribution in [-0.2, 0) is 20.7 Å². The van der Waals surface area contributed by atoms with Gasteiger partial charge in [-0.2, -0.15) is 0 Å². The number of aryl methyl sites for hydroxylation is 1. The first kappa shape index (κ1) is 28.8.